The summed E-state index contributed by atoms with van der Waals surface area (Å²) in [5, 5.41) is 3.70. The molecule has 2 aliphatic heterocycles. The van der Waals surface area contributed by atoms with Gasteiger partial charge in [0, 0.05) is 44.3 Å². The van der Waals surface area contributed by atoms with E-state index in [9.17, 15) is 0 Å². The van der Waals surface area contributed by atoms with E-state index in [0.29, 0.717) is 30.3 Å². The van der Waals surface area contributed by atoms with Crippen LogP contribution in [0.3, 0.4) is 0 Å². The molecule has 0 amide bonds. The quantitative estimate of drug-likeness (QED) is 0.808. The van der Waals surface area contributed by atoms with Crippen LogP contribution < -0.4 is 16.0 Å². The van der Waals surface area contributed by atoms with Gasteiger partial charge in [0.15, 0.2) is 0 Å². The Kier molecular flexibility index (Phi) is 6.62. The molecule has 3 fully saturated rings. The number of aromatic nitrogens is 1. The fourth-order valence-electron chi connectivity index (χ4n) is 5.34. The first kappa shape index (κ1) is 20.9. The Morgan fingerprint density at radius 1 is 1.00 bits per heavy atom. The van der Waals surface area contributed by atoms with Crippen molar-refractivity contribution in [2.45, 2.75) is 89.6 Å². The standard InChI is InChI=1S/C23H39N5O/c1-16-14-28(15-17(2)29-16)21-10-12-27(13-11-21)23-9-8-22(18(3)25-23)26-20-6-4-19(24)5-7-20/h8-9,16-17,19-21,26H,4-7,10-15,24H2,1-3H3/t16-,17+,19?,20?. The average molecular weight is 402 g/mol. The number of pyridine rings is 1. The molecule has 0 unspecified atom stereocenters. The van der Waals surface area contributed by atoms with Crippen molar-refractivity contribution in [2.24, 2.45) is 5.73 Å². The molecule has 3 heterocycles. The Balaban J connectivity index is 1.31. The molecule has 162 valence electrons. The van der Waals surface area contributed by atoms with Gasteiger partial charge in [-0.1, -0.05) is 0 Å². The number of hydrogen-bond donors (Lipinski definition) is 2. The molecule has 1 aliphatic carbocycles. The molecule has 6 heteroatoms. The van der Waals surface area contributed by atoms with E-state index in [1.807, 2.05) is 0 Å². The summed E-state index contributed by atoms with van der Waals surface area (Å²) in [6.07, 6.45) is 7.69. The van der Waals surface area contributed by atoms with Crippen LogP contribution in [-0.2, 0) is 4.74 Å². The third-order valence-electron chi connectivity index (χ3n) is 6.96. The summed E-state index contributed by atoms with van der Waals surface area (Å²) in [4.78, 5) is 10.1. The molecule has 0 aromatic carbocycles. The van der Waals surface area contributed by atoms with Gasteiger partial charge in [0.05, 0.1) is 23.6 Å². The van der Waals surface area contributed by atoms with E-state index in [1.165, 1.54) is 18.5 Å². The van der Waals surface area contributed by atoms with Crippen LogP contribution in [0.4, 0.5) is 11.5 Å². The molecule has 4 rings (SSSR count). The molecule has 1 saturated carbocycles. The lowest BCUT2D eigenvalue weighted by molar-refractivity contribution is -0.0826. The summed E-state index contributed by atoms with van der Waals surface area (Å²) >= 11 is 0. The number of piperidine rings is 1. The van der Waals surface area contributed by atoms with Gasteiger partial charge >= 0.3 is 0 Å². The van der Waals surface area contributed by atoms with Crippen molar-refractivity contribution in [1.82, 2.24) is 9.88 Å². The Morgan fingerprint density at radius 3 is 2.28 bits per heavy atom. The molecule has 2 atom stereocenters. The highest BCUT2D eigenvalue weighted by Crippen LogP contribution is 2.27. The van der Waals surface area contributed by atoms with E-state index in [1.54, 1.807) is 0 Å². The van der Waals surface area contributed by atoms with Gasteiger partial charge in [-0.2, -0.15) is 0 Å². The van der Waals surface area contributed by atoms with Gasteiger partial charge in [-0.3, -0.25) is 4.90 Å². The monoisotopic (exact) mass is 401 g/mol. The van der Waals surface area contributed by atoms with Gasteiger partial charge in [-0.25, -0.2) is 4.98 Å². The molecule has 3 N–H and O–H groups in total. The molecule has 1 aromatic rings. The minimum Gasteiger partial charge on any atom is -0.381 e. The van der Waals surface area contributed by atoms with Crippen molar-refractivity contribution >= 4 is 11.5 Å². The second-order valence-electron chi connectivity index (χ2n) is 9.49. The predicted molar refractivity (Wildman–Crippen MR) is 120 cm³/mol. The average Bonchev–Trinajstić information content (AvgIpc) is 2.70. The fraction of sp³-hybridized carbons (Fsp3) is 0.783. The summed E-state index contributed by atoms with van der Waals surface area (Å²) in [7, 11) is 0. The SMILES string of the molecule is Cc1nc(N2CCC(N3C[C@@H](C)O[C@@H](C)C3)CC2)ccc1NC1CCC(N)CC1. The number of nitrogens with one attached hydrogen (secondary N) is 1. The first-order chi connectivity index (χ1) is 14.0. The highest BCUT2D eigenvalue weighted by molar-refractivity contribution is 5.54. The van der Waals surface area contributed by atoms with E-state index < -0.39 is 0 Å². The van der Waals surface area contributed by atoms with Gasteiger partial charge in [-0.05, 0) is 71.4 Å². The predicted octanol–water partition coefficient (Wildman–Crippen LogP) is 3.15. The number of rotatable bonds is 4. The van der Waals surface area contributed by atoms with E-state index in [0.717, 1.165) is 63.4 Å². The molecular weight excluding hydrogens is 362 g/mol. The Labute approximate surface area is 176 Å². The number of aryl methyl sites for hydroxylation is 1. The Morgan fingerprint density at radius 2 is 1.66 bits per heavy atom. The first-order valence-electron chi connectivity index (χ1n) is 11.6. The van der Waals surface area contributed by atoms with Crippen LogP contribution in [0, 0.1) is 6.92 Å². The van der Waals surface area contributed by atoms with Crippen LogP contribution in [0.15, 0.2) is 12.1 Å². The van der Waals surface area contributed by atoms with Gasteiger partial charge in [-0.15, -0.1) is 0 Å². The number of hydrogen-bond acceptors (Lipinski definition) is 6. The fourth-order valence-corrected chi connectivity index (χ4v) is 5.34. The maximum Gasteiger partial charge on any atom is 0.128 e. The summed E-state index contributed by atoms with van der Waals surface area (Å²) in [5.74, 6) is 1.13. The molecule has 0 radical (unpaired) electrons. The smallest absolute Gasteiger partial charge is 0.128 e. The zero-order chi connectivity index (χ0) is 20.4. The van der Waals surface area contributed by atoms with Crippen molar-refractivity contribution in [3.8, 4) is 0 Å². The van der Waals surface area contributed by atoms with Crippen LogP contribution in [-0.4, -0.2) is 66.4 Å². The van der Waals surface area contributed by atoms with Crippen LogP contribution >= 0.6 is 0 Å². The molecule has 0 bridgehead atoms. The Bertz CT molecular complexity index is 657. The van der Waals surface area contributed by atoms with E-state index in [2.05, 4.69) is 48.0 Å². The van der Waals surface area contributed by atoms with Crippen LogP contribution in [0.2, 0.25) is 0 Å². The maximum absolute atomic E-state index is 6.04. The number of ether oxygens (including phenoxy) is 1. The van der Waals surface area contributed by atoms with Gasteiger partial charge in [0.1, 0.15) is 5.82 Å². The Hall–Kier alpha value is -1.37. The summed E-state index contributed by atoms with van der Waals surface area (Å²) in [5.41, 5.74) is 8.33. The maximum atomic E-state index is 6.04. The zero-order valence-electron chi connectivity index (χ0n) is 18.4. The van der Waals surface area contributed by atoms with Gasteiger partial charge in [0.25, 0.3) is 0 Å². The van der Waals surface area contributed by atoms with Crippen molar-refractivity contribution in [3.05, 3.63) is 17.8 Å². The van der Waals surface area contributed by atoms with Crippen molar-refractivity contribution in [2.75, 3.05) is 36.4 Å². The molecule has 1 aromatic heterocycles. The summed E-state index contributed by atoms with van der Waals surface area (Å²) < 4.78 is 5.91. The molecule has 6 nitrogen and oxygen atoms in total. The highest BCUT2D eigenvalue weighted by atomic mass is 16.5. The zero-order valence-corrected chi connectivity index (χ0v) is 18.4. The largest absolute Gasteiger partial charge is 0.381 e. The topological polar surface area (TPSA) is 66.7 Å². The van der Waals surface area contributed by atoms with Crippen molar-refractivity contribution in [1.29, 1.82) is 0 Å². The third kappa shape index (κ3) is 5.22. The minimum absolute atomic E-state index is 0.348. The molecule has 3 aliphatic rings. The number of nitrogens with two attached hydrogens (primary N) is 1. The van der Waals surface area contributed by atoms with E-state index in [4.69, 9.17) is 15.5 Å². The van der Waals surface area contributed by atoms with Crippen LogP contribution in [0.25, 0.3) is 0 Å². The van der Waals surface area contributed by atoms with Gasteiger partial charge < -0.3 is 20.7 Å². The second-order valence-corrected chi connectivity index (χ2v) is 9.49. The van der Waals surface area contributed by atoms with E-state index >= 15 is 0 Å². The lowest BCUT2D eigenvalue weighted by Crippen LogP contribution is -2.53. The molecular formula is C23H39N5O. The molecule has 0 spiro atoms. The van der Waals surface area contributed by atoms with Crippen molar-refractivity contribution in [3.63, 3.8) is 0 Å². The second kappa shape index (κ2) is 9.19. The lowest BCUT2D eigenvalue weighted by Gasteiger charge is -2.43. The number of anilines is 2. The van der Waals surface area contributed by atoms with Crippen molar-refractivity contribution < 1.29 is 4.74 Å². The first-order valence-corrected chi connectivity index (χ1v) is 11.6. The summed E-state index contributed by atoms with van der Waals surface area (Å²) in [6.45, 7) is 10.8. The molecule has 29 heavy (non-hydrogen) atoms. The van der Waals surface area contributed by atoms with E-state index in [-0.39, 0.29) is 0 Å². The summed E-state index contributed by atoms with van der Waals surface area (Å²) in [6, 6.07) is 6.03. The van der Waals surface area contributed by atoms with Crippen LogP contribution in [0.5, 0.6) is 0 Å². The lowest BCUT2D eigenvalue weighted by atomic mass is 9.91. The number of nitrogens with zero attached hydrogens (tertiary/aromatic N) is 3. The highest BCUT2D eigenvalue weighted by Gasteiger charge is 2.30. The number of morpholine rings is 1. The van der Waals surface area contributed by atoms with Crippen LogP contribution in [0.1, 0.15) is 58.1 Å². The normalized spacial score (nSPS) is 32.3. The minimum atomic E-state index is 0.348. The van der Waals surface area contributed by atoms with Gasteiger partial charge in [0.2, 0.25) is 0 Å². The molecule has 2 saturated heterocycles. The third-order valence-corrected chi connectivity index (χ3v) is 6.96.